The molecule has 0 saturated carbocycles. The Bertz CT molecular complexity index is 1330. The number of piperidine rings is 1. The Morgan fingerprint density at radius 3 is 2.54 bits per heavy atom. The molecule has 4 heterocycles. The first-order valence-corrected chi connectivity index (χ1v) is 13.2. The van der Waals surface area contributed by atoms with Crippen molar-refractivity contribution in [1.29, 1.82) is 0 Å². The van der Waals surface area contributed by atoms with Crippen LogP contribution in [0, 0.1) is 6.92 Å². The van der Waals surface area contributed by atoms with E-state index >= 15 is 0 Å². The summed E-state index contributed by atoms with van der Waals surface area (Å²) in [6.07, 6.45) is -0.243. The number of halogens is 3. The molecule has 2 saturated heterocycles. The number of aromatic nitrogens is 2. The summed E-state index contributed by atoms with van der Waals surface area (Å²) in [4.78, 5) is 24.5. The van der Waals surface area contributed by atoms with Crippen LogP contribution >= 0.6 is 0 Å². The van der Waals surface area contributed by atoms with Crippen LogP contribution in [0.4, 0.5) is 24.7 Å². The number of rotatable bonds is 5. The highest BCUT2D eigenvalue weighted by molar-refractivity contribution is 6.04. The van der Waals surface area contributed by atoms with Crippen molar-refractivity contribution in [2.75, 3.05) is 36.5 Å². The number of aryl methyl sites for hydroxylation is 1. The molecule has 2 aliphatic rings. The second-order valence-electron chi connectivity index (χ2n) is 10.1. The van der Waals surface area contributed by atoms with Gasteiger partial charge in [-0.1, -0.05) is 6.07 Å². The van der Waals surface area contributed by atoms with Gasteiger partial charge in [0, 0.05) is 54.7 Å². The van der Waals surface area contributed by atoms with E-state index in [9.17, 15) is 23.1 Å². The van der Waals surface area contributed by atoms with Gasteiger partial charge in [-0.25, -0.2) is 4.98 Å². The summed E-state index contributed by atoms with van der Waals surface area (Å²) in [7, 11) is 0. The Morgan fingerprint density at radius 2 is 1.82 bits per heavy atom. The Morgan fingerprint density at radius 1 is 1.08 bits per heavy atom. The third-order valence-corrected chi connectivity index (χ3v) is 7.37. The molecular formula is C29H31F3N4O3. The molecule has 2 aliphatic heterocycles. The van der Waals surface area contributed by atoms with E-state index in [0.717, 1.165) is 53.3 Å². The summed E-state index contributed by atoms with van der Waals surface area (Å²) in [6, 6.07) is 10.2. The number of pyridine rings is 2. The van der Waals surface area contributed by atoms with Gasteiger partial charge in [0.25, 0.3) is 5.91 Å². The number of anilines is 2. The standard InChI is InChI=1S/C29H31F3N4O3/c1-18-25(16-23(17-33-18)34-28(38)20-3-2-4-22(13-20)29(30,31)32)21-14-26(19-7-11-39-12-8-19)35-27(15-21)36-9-5-24(37)6-10-36/h2-4,13-17,19,24,37H,5-12H2,1H3,(H,34,38). The minimum atomic E-state index is -4.54. The SMILES string of the molecule is Cc1ncc(NC(=O)c2cccc(C(F)(F)F)c2)cc1-c1cc(C2CCOCC2)nc(N2CCC(O)CC2)c1. The van der Waals surface area contributed by atoms with E-state index in [1.54, 1.807) is 6.07 Å². The molecule has 0 aliphatic carbocycles. The van der Waals surface area contributed by atoms with Gasteiger partial charge in [0.2, 0.25) is 0 Å². The number of amides is 1. The van der Waals surface area contributed by atoms with Crippen LogP contribution < -0.4 is 10.2 Å². The van der Waals surface area contributed by atoms with Gasteiger partial charge in [-0.2, -0.15) is 13.2 Å². The minimum absolute atomic E-state index is 0.0905. The number of hydrogen-bond donors (Lipinski definition) is 2. The van der Waals surface area contributed by atoms with Gasteiger partial charge >= 0.3 is 6.18 Å². The lowest BCUT2D eigenvalue weighted by Crippen LogP contribution is -2.36. The molecule has 206 valence electrons. The maximum atomic E-state index is 13.1. The number of nitrogens with zero attached hydrogens (tertiary/aromatic N) is 3. The van der Waals surface area contributed by atoms with Crippen LogP contribution in [0.2, 0.25) is 0 Å². The average Bonchev–Trinajstić information content (AvgIpc) is 2.94. The molecule has 7 nitrogen and oxygen atoms in total. The highest BCUT2D eigenvalue weighted by atomic mass is 19.4. The molecular weight excluding hydrogens is 509 g/mol. The number of carbonyl (C=O) groups is 1. The fraction of sp³-hybridized carbons (Fsp3) is 0.414. The largest absolute Gasteiger partial charge is 0.416 e. The zero-order chi connectivity index (χ0) is 27.6. The number of aliphatic hydroxyl groups excluding tert-OH is 1. The number of carbonyl (C=O) groups excluding carboxylic acids is 1. The van der Waals surface area contributed by atoms with E-state index in [1.807, 2.05) is 13.0 Å². The first-order valence-electron chi connectivity index (χ1n) is 13.2. The Labute approximate surface area is 225 Å². The van der Waals surface area contributed by atoms with Crippen molar-refractivity contribution in [2.24, 2.45) is 0 Å². The molecule has 0 unspecified atom stereocenters. The lowest BCUT2D eigenvalue weighted by Gasteiger charge is -2.32. The summed E-state index contributed by atoms with van der Waals surface area (Å²) in [5.41, 5.74) is 2.81. The summed E-state index contributed by atoms with van der Waals surface area (Å²) >= 11 is 0. The third kappa shape index (κ3) is 6.39. The zero-order valence-electron chi connectivity index (χ0n) is 21.7. The quantitative estimate of drug-likeness (QED) is 0.440. The topological polar surface area (TPSA) is 87.6 Å². The van der Waals surface area contributed by atoms with E-state index in [-0.39, 0.29) is 17.6 Å². The second-order valence-corrected chi connectivity index (χ2v) is 10.1. The number of ether oxygens (including phenoxy) is 1. The summed E-state index contributed by atoms with van der Waals surface area (Å²) < 4.78 is 44.9. The zero-order valence-corrected chi connectivity index (χ0v) is 21.7. The molecule has 1 amide bonds. The summed E-state index contributed by atoms with van der Waals surface area (Å²) in [6.45, 7) is 4.64. The van der Waals surface area contributed by atoms with Crippen molar-refractivity contribution in [1.82, 2.24) is 9.97 Å². The van der Waals surface area contributed by atoms with Crippen LogP contribution in [0.25, 0.3) is 11.1 Å². The van der Waals surface area contributed by atoms with E-state index < -0.39 is 17.6 Å². The van der Waals surface area contributed by atoms with E-state index in [2.05, 4.69) is 21.3 Å². The molecule has 3 aromatic rings. The lowest BCUT2D eigenvalue weighted by atomic mass is 9.93. The highest BCUT2D eigenvalue weighted by Crippen LogP contribution is 2.35. The molecule has 2 N–H and O–H groups in total. The second kappa shape index (κ2) is 11.3. The average molecular weight is 541 g/mol. The number of alkyl halides is 3. The van der Waals surface area contributed by atoms with Crippen molar-refractivity contribution < 1.29 is 27.8 Å². The molecule has 0 spiro atoms. The smallest absolute Gasteiger partial charge is 0.393 e. The van der Waals surface area contributed by atoms with Crippen LogP contribution in [-0.4, -0.2) is 53.4 Å². The maximum Gasteiger partial charge on any atom is 0.416 e. The van der Waals surface area contributed by atoms with Crippen LogP contribution in [0.3, 0.4) is 0 Å². The molecule has 10 heteroatoms. The lowest BCUT2D eigenvalue weighted by molar-refractivity contribution is -0.137. The van der Waals surface area contributed by atoms with Gasteiger partial charge in [-0.15, -0.1) is 0 Å². The molecule has 0 bridgehead atoms. The molecule has 0 atom stereocenters. The monoisotopic (exact) mass is 540 g/mol. The van der Waals surface area contributed by atoms with E-state index in [4.69, 9.17) is 9.72 Å². The molecule has 0 radical (unpaired) electrons. The first-order chi connectivity index (χ1) is 18.7. The van der Waals surface area contributed by atoms with Crippen molar-refractivity contribution in [3.05, 3.63) is 71.2 Å². The van der Waals surface area contributed by atoms with Gasteiger partial charge in [-0.05, 0) is 74.6 Å². The van der Waals surface area contributed by atoms with Crippen molar-refractivity contribution in [3.8, 4) is 11.1 Å². The Kier molecular flexibility index (Phi) is 7.86. The Balaban J connectivity index is 1.46. The summed E-state index contributed by atoms with van der Waals surface area (Å²) in [5.74, 6) is 0.437. The molecule has 2 fully saturated rings. The first kappa shape index (κ1) is 27.1. The predicted molar refractivity (Wildman–Crippen MR) is 142 cm³/mol. The van der Waals surface area contributed by atoms with Gasteiger partial charge < -0.3 is 20.1 Å². The van der Waals surface area contributed by atoms with Crippen LogP contribution in [0.5, 0.6) is 0 Å². The van der Waals surface area contributed by atoms with Gasteiger partial charge in [-0.3, -0.25) is 9.78 Å². The van der Waals surface area contributed by atoms with E-state index in [1.165, 1.54) is 18.3 Å². The van der Waals surface area contributed by atoms with Gasteiger partial charge in [0.15, 0.2) is 0 Å². The number of hydrogen-bond acceptors (Lipinski definition) is 6. The highest BCUT2D eigenvalue weighted by Gasteiger charge is 2.31. The van der Waals surface area contributed by atoms with Gasteiger partial charge in [0.05, 0.1) is 23.6 Å². The van der Waals surface area contributed by atoms with Crippen molar-refractivity contribution in [2.45, 2.75) is 50.8 Å². The number of nitrogens with one attached hydrogen (secondary N) is 1. The van der Waals surface area contributed by atoms with Crippen LogP contribution in [0.15, 0.2) is 48.7 Å². The molecule has 5 rings (SSSR count). The molecule has 39 heavy (non-hydrogen) atoms. The van der Waals surface area contributed by atoms with Gasteiger partial charge in [0.1, 0.15) is 5.82 Å². The normalized spacial score (nSPS) is 17.3. The van der Waals surface area contributed by atoms with Crippen LogP contribution in [0.1, 0.15) is 58.9 Å². The maximum absolute atomic E-state index is 13.1. The fourth-order valence-electron chi connectivity index (χ4n) is 5.09. The van der Waals surface area contributed by atoms with Crippen molar-refractivity contribution in [3.63, 3.8) is 0 Å². The molecule has 1 aromatic carbocycles. The van der Waals surface area contributed by atoms with Crippen molar-refractivity contribution >= 4 is 17.4 Å². The third-order valence-electron chi connectivity index (χ3n) is 7.37. The Hall–Kier alpha value is -3.50. The number of benzene rings is 1. The number of aliphatic hydroxyl groups is 1. The fourth-order valence-corrected chi connectivity index (χ4v) is 5.09. The van der Waals surface area contributed by atoms with E-state index in [0.29, 0.717) is 44.8 Å². The van der Waals surface area contributed by atoms with Crippen LogP contribution in [-0.2, 0) is 10.9 Å². The molecule has 2 aromatic heterocycles. The summed E-state index contributed by atoms with van der Waals surface area (Å²) in [5, 5.41) is 12.7. The minimum Gasteiger partial charge on any atom is -0.393 e. The predicted octanol–water partition coefficient (Wildman–Crippen LogP) is 5.58.